The summed E-state index contributed by atoms with van der Waals surface area (Å²) in [6.45, 7) is 3.86. The molecule has 0 aromatic carbocycles. The number of carbonyl (C=O) groups excluding carboxylic acids is 1. The van der Waals surface area contributed by atoms with Crippen LogP contribution in [-0.2, 0) is 14.3 Å². The van der Waals surface area contributed by atoms with Gasteiger partial charge in [0.05, 0.1) is 6.61 Å². The van der Waals surface area contributed by atoms with Crippen LogP contribution in [0.1, 0.15) is 58.8 Å². The number of hydrogen-bond acceptors (Lipinski definition) is 3. The predicted octanol–water partition coefficient (Wildman–Crippen LogP) is 3.00. The van der Waals surface area contributed by atoms with Crippen LogP contribution in [0.4, 0.5) is 0 Å². The zero-order chi connectivity index (χ0) is 13.6. The van der Waals surface area contributed by atoms with Crippen LogP contribution in [0.2, 0.25) is 0 Å². The van der Waals surface area contributed by atoms with Gasteiger partial charge < -0.3 is 9.84 Å². The lowest BCUT2D eigenvalue weighted by molar-refractivity contribution is -0.171. The van der Waals surface area contributed by atoms with E-state index in [1.807, 2.05) is 6.92 Å². The van der Waals surface area contributed by atoms with Crippen LogP contribution in [0, 0.1) is 11.3 Å². The Labute approximate surface area is 109 Å². The van der Waals surface area contributed by atoms with Crippen molar-refractivity contribution in [3.8, 4) is 0 Å². The number of aliphatic carboxylic acids is 1. The van der Waals surface area contributed by atoms with Crippen molar-refractivity contribution in [1.82, 2.24) is 0 Å². The number of hydrogen-bond donors (Lipinski definition) is 1. The van der Waals surface area contributed by atoms with Gasteiger partial charge in [0.25, 0.3) is 0 Å². The van der Waals surface area contributed by atoms with E-state index in [1.54, 1.807) is 6.92 Å². The average Bonchev–Trinajstić information content (AvgIpc) is 2.81. The Morgan fingerprint density at radius 2 is 1.89 bits per heavy atom. The molecule has 1 aliphatic carbocycles. The summed E-state index contributed by atoms with van der Waals surface area (Å²) < 4.78 is 5.01. The summed E-state index contributed by atoms with van der Waals surface area (Å²) in [5.41, 5.74) is -1.32. The highest BCUT2D eigenvalue weighted by atomic mass is 16.5. The van der Waals surface area contributed by atoms with E-state index in [1.165, 1.54) is 0 Å². The van der Waals surface area contributed by atoms with Crippen molar-refractivity contribution < 1.29 is 19.4 Å². The first kappa shape index (κ1) is 15.0. The fourth-order valence-electron chi connectivity index (χ4n) is 2.97. The van der Waals surface area contributed by atoms with Crippen LogP contribution in [0.25, 0.3) is 0 Å². The van der Waals surface area contributed by atoms with Crippen molar-refractivity contribution in [2.75, 3.05) is 6.61 Å². The third kappa shape index (κ3) is 3.24. The van der Waals surface area contributed by atoms with Crippen LogP contribution in [0.5, 0.6) is 0 Å². The molecule has 1 fully saturated rings. The summed E-state index contributed by atoms with van der Waals surface area (Å²) >= 11 is 0. The van der Waals surface area contributed by atoms with E-state index in [2.05, 4.69) is 0 Å². The molecule has 1 unspecified atom stereocenters. The van der Waals surface area contributed by atoms with Gasteiger partial charge in [0, 0.05) is 0 Å². The fourth-order valence-corrected chi connectivity index (χ4v) is 2.97. The number of carbonyl (C=O) groups is 2. The largest absolute Gasteiger partial charge is 0.480 e. The maximum absolute atomic E-state index is 12.1. The molecule has 0 amide bonds. The van der Waals surface area contributed by atoms with Gasteiger partial charge in [-0.3, -0.25) is 9.59 Å². The topological polar surface area (TPSA) is 63.6 Å². The van der Waals surface area contributed by atoms with Crippen molar-refractivity contribution >= 4 is 11.9 Å². The first-order chi connectivity index (χ1) is 8.56. The molecule has 18 heavy (non-hydrogen) atoms. The zero-order valence-electron chi connectivity index (χ0n) is 11.4. The lowest BCUT2D eigenvalue weighted by atomic mass is 9.75. The third-order valence-electron chi connectivity index (χ3n) is 3.86. The predicted molar refractivity (Wildman–Crippen MR) is 68.2 cm³/mol. The standard InChI is InChI=1S/C14H24O4/c1-3-9-14(12(15)16,13(17)18-4-2)10-11-7-5-6-8-11/h11H,3-10H2,1-2H3,(H,15,16). The van der Waals surface area contributed by atoms with E-state index in [0.29, 0.717) is 25.2 Å². The molecule has 0 radical (unpaired) electrons. The maximum Gasteiger partial charge on any atom is 0.323 e. The maximum atomic E-state index is 12.1. The van der Waals surface area contributed by atoms with Gasteiger partial charge in [0.15, 0.2) is 5.41 Å². The van der Waals surface area contributed by atoms with Gasteiger partial charge in [-0.05, 0) is 25.7 Å². The molecule has 0 bridgehead atoms. The second-order valence-electron chi connectivity index (χ2n) is 5.21. The molecule has 1 N–H and O–H groups in total. The van der Waals surface area contributed by atoms with Crippen molar-refractivity contribution in [3.05, 3.63) is 0 Å². The minimum atomic E-state index is -1.32. The van der Waals surface area contributed by atoms with Crippen molar-refractivity contribution in [1.29, 1.82) is 0 Å². The van der Waals surface area contributed by atoms with E-state index >= 15 is 0 Å². The first-order valence-electron chi connectivity index (χ1n) is 6.97. The molecule has 1 atom stereocenters. The SMILES string of the molecule is CCCC(CC1CCCC1)(C(=O)O)C(=O)OCC. The molecule has 4 nitrogen and oxygen atoms in total. The summed E-state index contributed by atoms with van der Waals surface area (Å²) in [4.78, 5) is 23.7. The molecule has 1 saturated carbocycles. The van der Waals surface area contributed by atoms with E-state index in [0.717, 1.165) is 25.7 Å². The van der Waals surface area contributed by atoms with Gasteiger partial charge in [-0.1, -0.05) is 39.0 Å². The Morgan fingerprint density at radius 3 is 2.33 bits per heavy atom. The zero-order valence-corrected chi connectivity index (χ0v) is 11.4. The Balaban J connectivity index is 2.88. The number of carboxylic acid groups (broad SMARTS) is 1. The Morgan fingerprint density at radius 1 is 1.28 bits per heavy atom. The molecule has 1 aliphatic rings. The third-order valence-corrected chi connectivity index (χ3v) is 3.86. The van der Waals surface area contributed by atoms with Gasteiger partial charge in [-0.15, -0.1) is 0 Å². The van der Waals surface area contributed by atoms with Crippen molar-refractivity contribution in [3.63, 3.8) is 0 Å². The Kier molecular flexibility index (Phi) is 5.63. The smallest absolute Gasteiger partial charge is 0.323 e. The first-order valence-corrected chi connectivity index (χ1v) is 6.97. The van der Waals surface area contributed by atoms with E-state index in [9.17, 15) is 14.7 Å². The molecule has 0 saturated heterocycles. The number of rotatable bonds is 7. The molecular formula is C14H24O4. The van der Waals surface area contributed by atoms with Gasteiger partial charge in [0.2, 0.25) is 0 Å². The van der Waals surface area contributed by atoms with Gasteiger partial charge >= 0.3 is 11.9 Å². The fraction of sp³-hybridized carbons (Fsp3) is 0.857. The van der Waals surface area contributed by atoms with Gasteiger partial charge in [-0.2, -0.15) is 0 Å². The number of ether oxygens (including phenoxy) is 1. The summed E-state index contributed by atoms with van der Waals surface area (Å²) in [7, 11) is 0. The summed E-state index contributed by atoms with van der Waals surface area (Å²) in [5, 5.41) is 9.51. The van der Waals surface area contributed by atoms with Crippen molar-refractivity contribution in [2.24, 2.45) is 11.3 Å². The minimum Gasteiger partial charge on any atom is -0.480 e. The molecule has 4 heteroatoms. The van der Waals surface area contributed by atoms with E-state index < -0.39 is 17.4 Å². The number of carboxylic acids is 1. The van der Waals surface area contributed by atoms with E-state index in [4.69, 9.17) is 4.74 Å². The minimum absolute atomic E-state index is 0.238. The monoisotopic (exact) mass is 256 g/mol. The summed E-state index contributed by atoms with van der Waals surface area (Å²) in [5.74, 6) is -1.21. The van der Waals surface area contributed by atoms with Crippen LogP contribution in [0.15, 0.2) is 0 Å². The van der Waals surface area contributed by atoms with Gasteiger partial charge in [0.1, 0.15) is 0 Å². The molecule has 104 valence electrons. The second-order valence-corrected chi connectivity index (χ2v) is 5.21. The molecule has 1 rings (SSSR count). The van der Waals surface area contributed by atoms with E-state index in [-0.39, 0.29) is 6.61 Å². The summed E-state index contributed by atoms with van der Waals surface area (Å²) in [6, 6.07) is 0. The Bertz CT molecular complexity index is 294. The lowest BCUT2D eigenvalue weighted by Gasteiger charge is -2.29. The second kappa shape index (κ2) is 6.76. The van der Waals surface area contributed by atoms with Crippen LogP contribution in [-0.4, -0.2) is 23.7 Å². The normalized spacial score (nSPS) is 19.4. The molecule has 0 aromatic heterocycles. The highest BCUT2D eigenvalue weighted by molar-refractivity contribution is 5.99. The van der Waals surface area contributed by atoms with Gasteiger partial charge in [-0.25, -0.2) is 0 Å². The van der Waals surface area contributed by atoms with Crippen LogP contribution >= 0.6 is 0 Å². The summed E-state index contributed by atoms with van der Waals surface area (Å²) in [6.07, 6.45) is 5.87. The Hall–Kier alpha value is -1.06. The molecule has 0 heterocycles. The highest BCUT2D eigenvalue weighted by Gasteiger charge is 2.48. The molecule has 0 aliphatic heterocycles. The molecule has 0 aromatic rings. The number of esters is 1. The molecule has 0 spiro atoms. The average molecular weight is 256 g/mol. The quantitative estimate of drug-likeness (QED) is 0.562. The van der Waals surface area contributed by atoms with Crippen LogP contribution in [0.3, 0.4) is 0 Å². The lowest BCUT2D eigenvalue weighted by Crippen LogP contribution is -2.42. The van der Waals surface area contributed by atoms with Crippen molar-refractivity contribution in [2.45, 2.75) is 58.8 Å². The van der Waals surface area contributed by atoms with Crippen LogP contribution < -0.4 is 0 Å². The highest BCUT2D eigenvalue weighted by Crippen LogP contribution is 2.40. The molecular weight excluding hydrogens is 232 g/mol.